The van der Waals surface area contributed by atoms with E-state index in [-0.39, 0.29) is 34.2 Å². The molecule has 0 amide bonds. The van der Waals surface area contributed by atoms with E-state index in [0.29, 0.717) is 0 Å². The summed E-state index contributed by atoms with van der Waals surface area (Å²) in [7, 11) is 0. The first kappa shape index (κ1) is 15.4. The Morgan fingerprint density at radius 1 is 1.19 bits per heavy atom. The SMILES string of the molecule is CC(C)Oc1nc(N)nc(Nc2c(F)cc(Br)cc2F)n1. The number of nitrogen functional groups attached to an aromatic ring is 1. The maximum Gasteiger partial charge on any atom is 0.323 e. The molecule has 2 rings (SSSR count). The second kappa shape index (κ2) is 6.17. The van der Waals surface area contributed by atoms with Crippen LogP contribution in [-0.2, 0) is 0 Å². The average molecular weight is 360 g/mol. The molecule has 1 heterocycles. The minimum atomic E-state index is -0.799. The Kier molecular flexibility index (Phi) is 4.51. The van der Waals surface area contributed by atoms with Crippen molar-refractivity contribution >= 4 is 33.5 Å². The van der Waals surface area contributed by atoms with Crippen molar-refractivity contribution in [2.45, 2.75) is 20.0 Å². The van der Waals surface area contributed by atoms with Crippen molar-refractivity contribution in [3.05, 3.63) is 28.2 Å². The van der Waals surface area contributed by atoms with Gasteiger partial charge in [0.1, 0.15) is 5.69 Å². The van der Waals surface area contributed by atoms with Gasteiger partial charge in [0.05, 0.1) is 6.10 Å². The predicted molar refractivity (Wildman–Crippen MR) is 77.3 cm³/mol. The fraction of sp³-hybridized carbons (Fsp3) is 0.250. The smallest absolute Gasteiger partial charge is 0.323 e. The minimum Gasteiger partial charge on any atom is -0.461 e. The molecule has 0 unspecified atom stereocenters. The van der Waals surface area contributed by atoms with E-state index in [9.17, 15) is 8.78 Å². The molecule has 0 atom stereocenters. The molecule has 0 bridgehead atoms. The van der Waals surface area contributed by atoms with Gasteiger partial charge < -0.3 is 15.8 Å². The van der Waals surface area contributed by atoms with Gasteiger partial charge in [0.15, 0.2) is 11.6 Å². The Balaban J connectivity index is 2.33. The summed E-state index contributed by atoms with van der Waals surface area (Å²) in [6.45, 7) is 3.56. The fourth-order valence-electron chi connectivity index (χ4n) is 1.46. The Hall–Kier alpha value is -2.03. The molecule has 6 nitrogen and oxygen atoms in total. The summed E-state index contributed by atoms with van der Waals surface area (Å²) in [4.78, 5) is 11.4. The van der Waals surface area contributed by atoms with E-state index in [4.69, 9.17) is 10.5 Å². The van der Waals surface area contributed by atoms with E-state index in [1.54, 1.807) is 13.8 Å². The van der Waals surface area contributed by atoms with E-state index < -0.39 is 11.6 Å². The van der Waals surface area contributed by atoms with Gasteiger partial charge in [-0.25, -0.2) is 8.78 Å². The number of aromatic nitrogens is 3. The number of hydrogen-bond acceptors (Lipinski definition) is 6. The van der Waals surface area contributed by atoms with Crippen molar-refractivity contribution in [2.75, 3.05) is 11.1 Å². The zero-order valence-electron chi connectivity index (χ0n) is 11.2. The molecular formula is C12H12BrF2N5O. The largest absolute Gasteiger partial charge is 0.461 e. The molecule has 9 heteroatoms. The van der Waals surface area contributed by atoms with E-state index in [0.717, 1.165) is 12.1 Å². The lowest BCUT2D eigenvalue weighted by Crippen LogP contribution is -2.12. The lowest BCUT2D eigenvalue weighted by atomic mass is 10.3. The van der Waals surface area contributed by atoms with Gasteiger partial charge in [-0.1, -0.05) is 15.9 Å². The van der Waals surface area contributed by atoms with Gasteiger partial charge in [0.25, 0.3) is 0 Å². The number of anilines is 3. The molecule has 0 radical (unpaired) electrons. The van der Waals surface area contributed by atoms with Crippen molar-refractivity contribution < 1.29 is 13.5 Å². The number of nitrogens with one attached hydrogen (secondary N) is 1. The third-order valence-electron chi connectivity index (χ3n) is 2.22. The van der Waals surface area contributed by atoms with Crippen molar-refractivity contribution in [1.82, 2.24) is 15.0 Å². The average Bonchev–Trinajstić information content (AvgIpc) is 2.32. The van der Waals surface area contributed by atoms with Crippen LogP contribution in [0.2, 0.25) is 0 Å². The highest BCUT2D eigenvalue weighted by Crippen LogP contribution is 2.26. The van der Waals surface area contributed by atoms with E-state index in [2.05, 4.69) is 36.2 Å². The summed E-state index contributed by atoms with van der Waals surface area (Å²) < 4.78 is 33.0. The van der Waals surface area contributed by atoms with E-state index in [1.807, 2.05) is 0 Å². The third kappa shape index (κ3) is 3.97. The number of nitrogens with two attached hydrogens (primary N) is 1. The van der Waals surface area contributed by atoms with Crippen LogP contribution in [0.3, 0.4) is 0 Å². The quantitative estimate of drug-likeness (QED) is 0.872. The first-order valence-corrected chi connectivity index (χ1v) is 6.74. The molecule has 0 saturated carbocycles. The molecule has 1 aromatic carbocycles. The van der Waals surface area contributed by atoms with E-state index in [1.165, 1.54) is 0 Å². The van der Waals surface area contributed by atoms with Crippen LogP contribution in [0.5, 0.6) is 6.01 Å². The van der Waals surface area contributed by atoms with Crippen LogP contribution in [-0.4, -0.2) is 21.1 Å². The molecule has 0 fully saturated rings. The van der Waals surface area contributed by atoms with Gasteiger partial charge in [-0.05, 0) is 26.0 Å². The molecule has 0 saturated heterocycles. The van der Waals surface area contributed by atoms with Crippen LogP contribution >= 0.6 is 15.9 Å². The summed E-state index contributed by atoms with van der Waals surface area (Å²) in [6.07, 6.45) is -0.180. The molecule has 3 N–H and O–H groups in total. The first-order valence-electron chi connectivity index (χ1n) is 5.95. The van der Waals surface area contributed by atoms with Gasteiger partial charge in [-0.15, -0.1) is 0 Å². The van der Waals surface area contributed by atoms with Gasteiger partial charge >= 0.3 is 6.01 Å². The number of rotatable bonds is 4. The standard InChI is InChI=1S/C12H12BrF2N5O/c1-5(2)21-12-19-10(16)18-11(20-12)17-9-7(14)3-6(13)4-8(9)15/h3-5H,1-2H3,(H3,16,17,18,19,20). The number of nitrogens with zero attached hydrogens (tertiary/aromatic N) is 3. The van der Waals surface area contributed by atoms with E-state index >= 15 is 0 Å². The second-order valence-corrected chi connectivity index (χ2v) is 5.25. The second-order valence-electron chi connectivity index (χ2n) is 4.34. The fourth-order valence-corrected chi connectivity index (χ4v) is 1.87. The minimum absolute atomic E-state index is 0.0297. The summed E-state index contributed by atoms with van der Waals surface area (Å²) in [5, 5.41) is 2.43. The van der Waals surface area contributed by atoms with Gasteiger partial charge in [0, 0.05) is 4.47 Å². The summed E-state index contributed by atoms with van der Waals surface area (Å²) >= 11 is 2.99. The summed E-state index contributed by atoms with van der Waals surface area (Å²) in [5.41, 5.74) is 5.12. The lowest BCUT2D eigenvalue weighted by molar-refractivity contribution is 0.222. The number of halogens is 3. The topological polar surface area (TPSA) is 86.0 Å². The highest BCUT2D eigenvalue weighted by molar-refractivity contribution is 9.10. The molecule has 0 aliphatic heterocycles. The Morgan fingerprint density at radius 3 is 2.38 bits per heavy atom. The molecule has 2 aromatic rings. The predicted octanol–water partition coefficient (Wildman–Crippen LogP) is 3.03. The maximum absolute atomic E-state index is 13.7. The number of ether oxygens (including phenoxy) is 1. The lowest BCUT2D eigenvalue weighted by Gasteiger charge is -2.11. The molecule has 21 heavy (non-hydrogen) atoms. The maximum atomic E-state index is 13.7. The van der Waals surface area contributed by atoms with Crippen molar-refractivity contribution in [2.24, 2.45) is 0 Å². The van der Waals surface area contributed by atoms with Crippen LogP contribution in [0.4, 0.5) is 26.4 Å². The van der Waals surface area contributed by atoms with Crippen molar-refractivity contribution in [3.8, 4) is 6.01 Å². The molecule has 0 aliphatic carbocycles. The first-order chi connectivity index (χ1) is 9.85. The van der Waals surface area contributed by atoms with Crippen LogP contribution in [0, 0.1) is 11.6 Å². The highest BCUT2D eigenvalue weighted by atomic mass is 79.9. The number of hydrogen-bond donors (Lipinski definition) is 2. The van der Waals surface area contributed by atoms with Crippen molar-refractivity contribution in [1.29, 1.82) is 0 Å². The van der Waals surface area contributed by atoms with Crippen LogP contribution in [0.25, 0.3) is 0 Å². The van der Waals surface area contributed by atoms with Crippen molar-refractivity contribution in [3.63, 3.8) is 0 Å². The summed E-state index contributed by atoms with van der Waals surface area (Å²) in [6, 6.07) is 2.20. The Bertz CT molecular complexity index is 645. The zero-order chi connectivity index (χ0) is 15.6. The molecule has 0 aliphatic rings. The van der Waals surface area contributed by atoms with Crippen LogP contribution in [0.15, 0.2) is 16.6 Å². The Labute approximate surface area is 127 Å². The van der Waals surface area contributed by atoms with Crippen LogP contribution in [0.1, 0.15) is 13.8 Å². The number of benzene rings is 1. The highest BCUT2D eigenvalue weighted by Gasteiger charge is 2.14. The molecule has 1 aromatic heterocycles. The molecular weight excluding hydrogens is 348 g/mol. The Morgan fingerprint density at radius 2 is 1.81 bits per heavy atom. The zero-order valence-corrected chi connectivity index (χ0v) is 12.8. The molecule has 0 spiro atoms. The van der Waals surface area contributed by atoms with Gasteiger partial charge in [0.2, 0.25) is 11.9 Å². The molecule has 112 valence electrons. The van der Waals surface area contributed by atoms with Gasteiger partial charge in [-0.2, -0.15) is 15.0 Å². The monoisotopic (exact) mass is 359 g/mol. The van der Waals surface area contributed by atoms with Crippen LogP contribution < -0.4 is 15.8 Å². The summed E-state index contributed by atoms with van der Waals surface area (Å²) in [5.74, 6) is -1.83. The third-order valence-corrected chi connectivity index (χ3v) is 2.67. The van der Waals surface area contributed by atoms with Gasteiger partial charge in [-0.3, -0.25) is 0 Å². The normalized spacial score (nSPS) is 10.8.